The minimum Gasteiger partial charge on any atom is -1.00 e. The van der Waals surface area contributed by atoms with E-state index >= 15 is 0 Å². The number of hydrogen-bond acceptors (Lipinski definition) is 4. The smallest absolute Gasteiger partial charge is 1.00 e. The van der Waals surface area contributed by atoms with Gasteiger partial charge in [-0.25, -0.2) is 0 Å². The second-order valence-electron chi connectivity index (χ2n) is 1.99. The maximum absolute atomic E-state index is 8.50. The zero-order chi connectivity index (χ0) is 8.32. The largest absolute Gasteiger partial charge is 1.00 e. The van der Waals surface area contributed by atoms with E-state index in [-0.39, 0.29) is 58.6 Å². The van der Waals surface area contributed by atoms with Crippen LogP contribution in [0.2, 0.25) is 0 Å². The fourth-order valence-corrected chi connectivity index (χ4v) is 1.10. The van der Waals surface area contributed by atoms with E-state index in [1.807, 2.05) is 0 Å². The Morgan fingerprint density at radius 1 is 1.08 bits per heavy atom. The van der Waals surface area contributed by atoms with Crippen molar-refractivity contribution in [3.63, 3.8) is 0 Å². The van der Waals surface area contributed by atoms with Gasteiger partial charge in [-0.1, -0.05) is 18.2 Å². The van der Waals surface area contributed by atoms with Crippen molar-refractivity contribution >= 4 is 9.05 Å². The van der Waals surface area contributed by atoms with Crippen LogP contribution in [0.5, 0.6) is 5.75 Å². The van der Waals surface area contributed by atoms with E-state index in [1.54, 1.807) is 18.2 Å². The van der Waals surface area contributed by atoms with E-state index in [4.69, 9.17) is 14.4 Å². The molecule has 0 aliphatic heterocycles. The summed E-state index contributed by atoms with van der Waals surface area (Å²) in [6.07, 6.45) is 0. The second kappa shape index (κ2) is 5.48. The molecule has 0 unspecified atom stereocenters. The Balaban J connectivity index is 0. The summed E-state index contributed by atoms with van der Waals surface area (Å²) in [5, 5.41) is 0. The van der Waals surface area contributed by atoms with E-state index in [0.29, 0.717) is 0 Å². The summed E-state index contributed by atoms with van der Waals surface area (Å²) in [4.78, 5) is 25.5. The molecule has 6 heteroatoms. The minimum absolute atomic E-state index is 0. The monoisotopic (exact) mass is 212 g/mol. The Hall–Kier alpha value is 0.753. The molecule has 0 fully saturated rings. The van der Waals surface area contributed by atoms with E-state index in [2.05, 4.69) is 4.43 Å². The van der Waals surface area contributed by atoms with E-state index < -0.39 is 9.05 Å². The van der Waals surface area contributed by atoms with Gasteiger partial charge in [0.2, 0.25) is 0 Å². The standard InChI is InChI=1S/C6H8O4Si.K.H/c7-11(8,9)10-6-4-2-1-3-5-6;;/h1-5,7-9H;;/q;+1;-1. The molecule has 0 amide bonds. The molecule has 0 bridgehead atoms. The van der Waals surface area contributed by atoms with Crippen LogP contribution in [0.4, 0.5) is 0 Å². The summed E-state index contributed by atoms with van der Waals surface area (Å²) < 4.78 is 4.41. The SMILES string of the molecule is O[Si](O)(O)Oc1ccccc1.[H-].[K+]. The fourth-order valence-electron chi connectivity index (χ4n) is 0.647. The van der Waals surface area contributed by atoms with Gasteiger partial charge in [-0.2, -0.15) is 0 Å². The predicted molar refractivity (Wildman–Crippen MR) is 40.6 cm³/mol. The third kappa shape index (κ3) is 5.41. The summed E-state index contributed by atoms with van der Waals surface area (Å²) in [5.41, 5.74) is 0. The predicted octanol–water partition coefficient (Wildman–Crippen LogP) is -3.41. The summed E-state index contributed by atoms with van der Waals surface area (Å²) in [7, 11) is -4.40. The molecule has 0 aromatic heterocycles. The van der Waals surface area contributed by atoms with Crippen molar-refractivity contribution in [2.45, 2.75) is 0 Å². The van der Waals surface area contributed by atoms with E-state index in [0.717, 1.165) is 0 Å². The molecule has 1 aromatic rings. The summed E-state index contributed by atoms with van der Waals surface area (Å²) in [6, 6.07) is 8.11. The first-order chi connectivity index (χ1) is 5.08. The van der Waals surface area contributed by atoms with Crippen LogP contribution in [0, 0.1) is 0 Å². The van der Waals surface area contributed by atoms with E-state index in [9.17, 15) is 0 Å². The van der Waals surface area contributed by atoms with Crippen molar-refractivity contribution in [3.05, 3.63) is 30.3 Å². The molecular formula is C6H9KO4Si. The van der Waals surface area contributed by atoms with E-state index in [1.165, 1.54) is 12.1 Å². The maximum atomic E-state index is 8.50. The van der Waals surface area contributed by atoms with Gasteiger partial charge in [0, 0.05) is 0 Å². The topological polar surface area (TPSA) is 69.9 Å². The first-order valence-electron chi connectivity index (χ1n) is 2.99. The minimum atomic E-state index is -4.40. The van der Waals surface area contributed by atoms with Gasteiger partial charge < -0.3 is 20.2 Å². The molecule has 12 heavy (non-hydrogen) atoms. The molecular weight excluding hydrogens is 203 g/mol. The van der Waals surface area contributed by atoms with Crippen LogP contribution in [0.1, 0.15) is 1.43 Å². The zero-order valence-corrected chi connectivity index (χ0v) is 10.8. The first-order valence-corrected chi connectivity index (χ1v) is 4.74. The summed E-state index contributed by atoms with van der Waals surface area (Å²) in [5.74, 6) is 0.242. The van der Waals surface area contributed by atoms with Gasteiger partial charge in [0.25, 0.3) is 0 Å². The molecule has 3 N–H and O–H groups in total. The normalized spacial score (nSPS) is 10.2. The van der Waals surface area contributed by atoms with Gasteiger partial charge in [0.05, 0.1) is 0 Å². The maximum Gasteiger partial charge on any atom is 1.00 e. The molecule has 0 atom stereocenters. The van der Waals surface area contributed by atoms with Gasteiger partial charge in [-0.05, 0) is 12.1 Å². The average molecular weight is 212 g/mol. The van der Waals surface area contributed by atoms with Crippen molar-refractivity contribution < 1.29 is 71.6 Å². The zero-order valence-electron chi connectivity index (χ0n) is 7.64. The number of rotatable bonds is 2. The molecule has 62 valence electrons. The molecule has 0 aliphatic rings. The van der Waals surface area contributed by atoms with Crippen LogP contribution < -0.4 is 55.8 Å². The molecule has 4 nitrogen and oxygen atoms in total. The van der Waals surface area contributed by atoms with Crippen LogP contribution in [-0.4, -0.2) is 23.4 Å². The van der Waals surface area contributed by atoms with Crippen LogP contribution in [0.15, 0.2) is 30.3 Å². The van der Waals surface area contributed by atoms with Crippen LogP contribution in [0.25, 0.3) is 0 Å². The quantitative estimate of drug-likeness (QED) is 0.447. The van der Waals surface area contributed by atoms with Gasteiger partial charge in [-0.15, -0.1) is 0 Å². The Labute approximate surface area is 115 Å². The molecule has 0 heterocycles. The Bertz CT molecular complexity index is 228. The fraction of sp³-hybridized carbons (Fsp3) is 0. The Morgan fingerprint density at radius 2 is 1.58 bits per heavy atom. The van der Waals surface area contributed by atoms with Crippen molar-refractivity contribution in [3.8, 4) is 5.75 Å². The summed E-state index contributed by atoms with van der Waals surface area (Å²) >= 11 is 0. The van der Waals surface area contributed by atoms with Crippen LogP contribution >= 0.6 is 0 Å². The number of para-hydroxylation sites is 1. The van der Waals surface area contributed by atoms with Crippen molar-refractivity contribution in [2.24, 2.45) is 0 Å². The molecule has 0 spiro atoms. The molecule has 1 rings (SSSR count). The molecule has 0 radical (unpaired) electrons. The Morgan fingerprint density at radius 3 is 2.00 bits per heavy atom. The first kappa shape index (κ1) is 12.8. The van der Waals surface area contributed by atoms with Gasteiger partial charge in [-0.3, -0.25) is 0 Å². The Kier molecular flexibility index (Phi) is 5.82. The molecule has 0 saturated heterocycles. The number of hydrogen-bond donors (Lipinski definition) is 3. The molecule has 1 aromatic carbocycles. The van der Waals surface area contributed by atoms with Gasteiger partial charge in [0.15, 0.2) is 0 Å². The third-order valence-corrected chi connectivity index (χ3v) is 1.51. The van der Waals surface area contributed by atoms with Crippen molar-refractivity contribution in [2.75, 3.05) is 0 Å². The van der Waals surface area contributed by atoms with Crippen molar-refractivity contribution in [1.82, 2.24) is 0 Å². The second-order valence-corrected chi connectivity index (χ2v) is 3.34. The van der Waals surface area contributed by atoms with Crippen LogP contribution in [-0.2, 0) is 0 Å². The third-order valence-electron chi connectivity index (χ3n) is 0.998. The summed E-state index contributed by atoms with van der Waals surface area (Å²) in [6.45, 7) is 0. The number of benzene rings is 1. The molecule has 0 aliphatic carbocycles. The van der Waals surface area contributed by atoms with Gasteiger partial charge >= 0.3 is 60.4 Å². The van der Waals surface area contributed by atoms with Crippen LogP contribution in [0.3, 0.4) is 0 Å². The molecule has 0 saturated carbocycles. The average Bonchev–Trinajstić information content (AvgIpc) is 1.85. The van der Waals surface area contributed by atoms with Gasteiger partial charge in [0.1, 0.15) is 5.75 Å². The van der Waals surface area contributed by atoms with Crippen molar-refractivity contribution in [1.29, 1.82) is 0 Å².